The Bertz CT molecular complexity index is 935. The molecule has 27 heavy (non-hydrogen) atoms. The molecule has 3 heterocycles. The van der Waals surface area contributed by atoms with Crippen LogP contribution in [0.15, 0.2) is 48.8 Å². The molecule has 3 aromatic rings. The maximum absolute atomic E-state index is 12.1. The Morgan fingerprint density at radius 1 is 1.11 bits per heavy atom. The second-order valence-corrected chi connectivity index (χ2v) is 6.60. The van der Waals surface area contributed by atoms with Gasteiger partial charge in [0, 0.05) is 25.6 Å². The molecule has 0 unspecified atom stereocenters. The first-order valence-electron chi connectivity index (χ1n) is 9.36. The summed E-state index contributed by atoms with van der Waals surface area (Å²) in [6.07, 6.45) is 6.72. The number of hydrogen-bond acceptors (Lipinski definition) is 4. The van der Waals surface area contributed by atoms with Gasteiger partial charge in [-0.15, -0.1) is 0 Å². The topological polar surface area (TPSA) is 64.9 Å². The largest absolute Gasteiger partial charge is 0.486 e. The number of imidazole rings is 1. The molecule has 0 fully saturated rings. The lowest BCUT2D eigenvalue weighted by Gasteiger charge is -2.18. The number of aryl methyl sites for hydroxylation is 1. The number of benzene rings is 1. The van der Waals surface area contributed by atoms with Crippen molar-refractivity contribution in [1.82, 2.24) is 14.7 Å². The number of carbonyl (C=O) groups is 1. The predicted octanol–water partition coefficient (Wildman–Crippen LogP) is 2.79. The van der Waals surface area contributed by atoms with Crippen molar-refractivity contribution in [3.63, 3.8) is 0 Å². The van der Waals surface area contributed by atoms with Crippen LogP contribution in [-0.4, -0.2) is 35.1 Å². The van der Waals surface area contributed by atoms with Crippen molar-refractivity contribution in [2.75, 3.05) is 19.8 Å². The number of pyridine rings is 1. The number of fused-ring (bicyclic) bond motifs is 2. The summed E-state index contributed by atoms with van der Waals surface area (Å²) in [6, 6.07) is 12.0. The molecule has 1 amide bonds. The van der Waals surface area contributed by atoms with Gasteiger partial charge in [0.05, 0.1) is 11.7 Å². The lowest BCUT2D eigenvalue weighted by molar-refractivity contribution is -0.121. The fraction of sp³-hybridized carbons (Fsp3) is 0.333. The molecule has 1 N–H and O–H groups in total. The molecule has 0 atom stereocenters. The summed E-state index contributed by atoms with van der Waals surface area (Å²) >= 11 is 0. The Balaban J connectivity index is 1.20. The SMILES string of the molecule is O=C(CCCc1ccc2c(c1)OCCO2)NCCc1ncc2ccccn12. The number of carbonyl (C=O) groups excluding carboxylic acids is 1. The van der Waals surface area contributed by atoms with E-state index in [2.05, 4.69) is 10.3 Å². The van der Waals surface area contributed by atoms with Gasteiger partial charge in [-0.3, -0.25) is 4.79 Å². The molecular formula is C21H23N3O3. The zero-order valence-corrected chi connectivity index (χ0v) is 15.2. The quantitative estimate of drug-likeness (QED) is 0.699. The molecule has 1 aliphatic heterocycles. The van der Waals surface area contributed by atoms with Crippen molar-refractivity contribution in [3.8, 4) is 11.5 Å². The van der Waals surface area contributed by atoms with Crippen molar-refractivity contribution in [1.29, 1.82) is 0 Å². The highest BCUT2D eigenvalue weighted by Gasteiger charge is 2.12. The minimum absolute atomic E-state index is 0.0772. The molecule has 0 spiro atoms. The average molecular weight is 365 g/mol. The fourth-order valence-corrected chi connectivity index (χ4v) is 3.28. The number of aromatic nitrogens is 2. The van der Waals surface area contributed by atoms with Crippen LogP contribution in [0.4, 0.5) is 0 Å². The summed E-state index contributed by atoms with van der Waals surface area (Å²) < 4.78 is 13.2. The molecular weight excluding hydrogens is 342 g/mol. The van der Waals surface area contributed by atoms with Crippen molar-refractivity contribution in [2.45, 2.75) is 25.7 Å². The highest BCUT2D eigenvalue weighted by atomic mass is 16.6. The van der Waals surface area contributed by atoms with E-state index < -0.39 is 0 Å². The monoisotopic (exact) mass is 365 g/mol. The second-order valence-electron chi connectivity index (χ2n) is 6.60. The van der Waals surface area contributed by atoms with Gasteiger partial charge in [0.2, 0.25) is 5.91 Å². The summed E-state index contributed by atoms with van der Waals surface area (Å²) in [6.45, 7) is 1.78. The summed E-state index contributed by atoms with van der Waals surface area (Å²) in [4.78, 5) is 16.5. The van der Waals surface area contributed by atoms with Crippen molar-refractivity contribution >= 4 is 11.4 Å². The number of nitrogens with zero attached hydrogens (tertiary/aromatic N) is 2. The van der Waals surface area contributed by atoms with Crippen LogP contribution in [-0.2, 0) is 17.6 Å². The van der Waals surface area contributed by atoms with Crippen LogP contribution >= 0.6 is 0 Å². The molecule has 0 bridgehead atoms. The minimum Gasteiger partial charge on any atom is -0.486 e. The molecule has 2 aromatic heterocycles. The first kappa shape index (κ1) is 17.4. The molecule has 6 nitrogen and oxygen atoms in total. The Morgan fingerprint density at radius 3 is 2.93 bits per heavy atom. The van der Waals surface area contributed by atoms with E-state index in [0.717, 1.165) is 41.2 Å². The number of rotatable bonds is 7. The number of hydrogen-bond donors (Lipinski definition) is 1. The van der Waals surface area contributed by atoms with Gasteiger partial charge in [0.15, 0.2) is 11.5 Å². The van der Waals surface area contributed by atoms with E-state index in [1.807, 2.05) is 53.2 Å². The van der Waals surface area contributed by atoms with Gasteiger partial charge in [0.1, 0.15) is 19.0 Å². The van der Waals surface area contributed by atoms with E-state index in [4.69, 9.17) is 9.47 Å². The maximum Gasteiger partial charge on any atom is 0.220 e. The zero-order chi connectivity index (χ0) is 18.5. The van der Waals surface area contributed by atoms with Gasteiger partial charge in [-0.1, -0.05) is 12.1 Å². The van der Waals surface area contributed by atoms with Gasteiger partial charge in [-0.2, -0.15) is 0 Å². The van der Waals surface area contributed by atoms with Crippen molar-refractivity contribution in [2.24, 2.45) is 0 Å². The summed E-state index contributed by atoms with van der Waals surface area (Å²) in [5, 5.41) is 2.98. The van der Waals surface area contributed by atoms with Crippen LogP contribution in [0.1, 0.15) is 24.2 Å². The molecule has 140 valence electrons. The Labute approximate surface area is 158 Å². The van der Waals surface area contributed by atoms with Crippen LogP contribution in [0.5, 0.6) is 11.5 Å². The number of ether oxygens (including phenoxy) is 2. The van der Waals surface area contributed by atoms with E-state index >= 15 is 0 Å². The van der Waals surface area contributed by atoms with Gasteiger partial charge >= 0.3 is 0 Å². The third-order valence-corrected chi connectivity index (χ3v) is 4.66. The Kier molecular flexibility index (Phi) is 5.23. The van der Waals surface area contributed by atoms with Crippen LogP contribution in [0.25, 0.3) is 5.52 Å². The first-order valence-corrected chi connectivity index (χ1v) is 9.36. The predicted molar refractivity (Wildman–Crippen MR) is 102 cm³/mol. The Hall–Kier alpha value is -3.02. The minimum atomic E-state index is 0.0772. The van der Waals surface area contributed by atoms with Gasteiger partial charge in [-0.25, -0.2) is 4.98 Å². The summed E-state index contributed by atoms with van der Waals surface area (Å²) in [5.74, 6) is 2.64. The molecule has 0 radical (unpaired) electrons. The standard InChI is InChI=1S/C21H23N3O3/c25-21(22-10-9-20-23-15-17-5-1-2-11-24(17)20)6-3-4-16-7-8-18-19(14-16)27-13-12-26-18/h1-2,5,7-8,11,14-15H,3-4,6,9-10,12-13H2,(H,22,25). The third-order valence-electron chi connectivity index (χ3n) is 4.66. The van der Waals surface area contributed by atoms with Crippen molar-refractivity contribution < 1.29 is 14.3 Å². The van der Waals surface area contributed by atoms with Crippen LogP contribution in [0.3, 0.4) is 0 Å². The highest BCUT2D eigenvalue weighted by molar-refractivity contribution is 5.75. The molecule has 6 heteroatoms. The van der Waals surface area contributed by atoms with E-state index in [1.165, 1.54) is 0 Å². The second kappa shape index (κ2) is 8.12. The third kappa shape index (κ3) is 4.22. The average Bonchev–Trinajstić information content (AvgIpc) is 3.11. The number of nitrogens with one attached hydrogen (secondary N) is 1. The van der Waals surface area contributed by atoms with Gasteiger partial charge in [-0.05, 0) is 42.7 Å². The van der Waals surface area contributed by atoms with Crippen LogP contribution in [0, 0.1) is 0 Å². The van der Waals surface area contributed by atoms with E-state index in [1.54, 1.807) is 0 Å². The summed E-state index contributed by atoms with van der Waals surface area (Å²) in [7, 11) is 0. The Morgan fingerprint density at radius 2 is 2.00 bits per heavy atom. The summed E-state index contributed by atoms with van der Waals surface area (Å²) in [5.41, 5.74) is 2.23. The number of amides is 1. The van der Waals surface area contributed by atoms with E-state index in [9.17, 15) is 4.79 Å². The van der Waals surface area contributed by atoms with Gasteiger partial charge in [0.25, 0.3) is 0 Å². The van der Waals surface area contributed by atoms with Gasteiger partial charge < -0.3 is 19.2 Å². The smallest absolute Gasteiger partial charge is 0.220 e. The molecule has 0 saturated heterocycles. The highest BCUT2D eigenvalue weighted by Crippen LogP contribution is 2.31. The molecule has 1 aliphatic rings. The lowest BCUT2D eigenvalue weighted by Crippen LogP contribution is -2.26. The fourth-order valence-electron chi connectivity index (χ4n) is 3.28. The lowest BCUT2D eigenvalue weighted by atomic mass is 10.1. The molecule has 0 aliphatic carbocycles. The maximum atomic E-state index is 12.1. The van der Waals surface area contributed by atoms with Crippen LogP contribution < -0.4 is 14.8 Å². The molecule has 4 rings (SSSR count). The molecule has 1 aromatic carbocycles. The first-order chi connectivity index (χ1) is 13.3. The van der Waals surface area contributed by atoms with Crippen LogP contribution in [0.2, 0.25) is 0 Å². The van der Waals surface area contributed by atoms with Crippen molar-refractivity contribution in [3.05, 3.63) is 60.2 Å². The zero-order valence-electron chi connectivity index (χ0n) is 15.2. The normalized spacial score (nSPS) is 12.9. The molecule has 0 saturated carbocycles. The van der Waals surface area contributed by atoms with E-state index in [-0.39, 0.29) is 5.91 Å². The van der Waals surface area contributed by atoms with E-state index in [0.29, 0.717) is 32.6 Å².